The molecule has 8 nitrogen and oxygen atoms in total. The molecule has 2 aromatic rings. The third kappa shape index (κ3) is 4.76. The highest BCUT2D eigenvalue weighted by molar-refractivity contribution is 5.92. The molecule has 0 unspecified atom stereocenters. The number of ether oxygens (including phenoxy) is 2. The lowest BCUT2D eigenvalue weighted by molar-refractivity contribution is -1.00. The lowest BCUT2D eigenvalue weighted by atomic mass is 10.1. The van der Waals surface area contributed by atoms with Crippen LogP contribution in [-0.2, 0) is 13.6 Å². The highest BCUT2D eigenvalue weighted by Gasteiger charge is 2.23. The van der Waals surface area contributed by atoms with Crippen LogP contribution in [-0.4, -0.2) is 73.7 Å². The molecule has 2 aliphatic heterocycles. The molecule has 3 heterocycles. The molecule has 1 fully saturated rings. The van der Waals surface area contributed by atoms with Crippen LogP contribution in [0.3, 0.4) is 0 Å². The van der Waals surface area contributed by atoms with E-state index in [9.17, 15) is 4.79 Å². The number of nitrogens with one attached hydrogen (secondary N) is 2. The summed E-state index contributed by atoms with van der Waals surface area (Å²) in [4.78, 5) is 18.5. The van der Waals surface area contributed by atoms with Gasteiger partial charge in [-0.1, -0.05) is 6.07 Å². The minimum absolute atomic E-state index is 0.0218. The Balaban J connectivity index is 1.44. The molecule has 162 valence electrons. The maximum atomic E-state index is 13.3. The molecule has 2 N–H and O–H groups in total. The monoisotopic (exact) mass is 415 g/mol. The number of benzene rings is 1. The first-order valence-corrected chi connectivity index (χ1v) is 10.8. The Labute approximate surface area is 177 Å². The highest BCUT2D eigenvalue weighted by Crippen LogP contribution is 2.32. The summed E-state index contributed by atoms with van der Waals surface area (Å²) in [5, 5.41) is 4.36. The highest BCUT2D eigenvalue weighted by atomic mass is 16.7. The van der Waals surface area contributed by atoms with Gasteiger partial charge in [-0.05, 0) is 30.7 Å². The van der Waals surface area contributed by atoms with Gasteiger partial charge in [0.2, 0.25) is 6.79 Å². The van der Waals surface area contributed by atoms with Crippen molar-refractivity contribution < 1.29 is 24.1 Å². The molecular weight excluding hydrogens is 382 g/mol. The predicted octanol–water partition coefficient (Wildman–Crippen LogP) is -1.10. The van der Waals surface area contributed by atoms with Crippen LogP contribution in [0.15, 0.2) is 24.3 Å². The number of fused-ring (bicyclic) bond motifs is 1. The van der Waals surface area contributed by atoms with Crippen molar-refractivity contribution in [1.29, 1.82) is 0 Å². The van der Waals surface area contributed by atoms with Gasteiger partial charge in [0.25, 0.3) is 5.91 Å². The zero-order valence-corrected chi connectivity index (χ0v) is 18.2. The third-order valence-corrected chi connectivity index (χ3v) is 6.09. The molecule has 1 aromatic carbocycles. The number of hydrogen-bond acceptors (Lipinski definition) is 4. The summed E-state index contributed by atoms with van der Waals surface area (Å²) < 4.78 is 12.6. The molecule has 0 radical (unpaired) electrons. The summed E-state index contributed by atoms with van der Waals surface area (Å²) in [6.07, 6.45) is 0.988. The molecule has 1 saturated heterocycles. The first kappa shape index (κ1) is 20.7. The Morgan fingerprint density at radius 1 is 1.17 bits per heavy atom. The van der Waals surface area contributed by atoms with Crippen molar-refractivity contribution in [2.75, 3.05) is 53.1 Å². The van der Waals surface area contributed by atoms with Gasteiger partial charge in [-0.2, -0.15) is 5.10 Å². The van der Waals surface area contributed by atoms with Crippen molar-refractivity contribution in [3.8, 4) is 11.5 Å². The number of rotatable bonds is 7. The van der Waals surface area contributed by atoms with Gasteiger partial charge in [0.05, 0.1) is 19.3 Å². The Kier molecular flexibility index (Phi) is 6.24. The van der Waals surface area contributed by atoms with Crippen LogP contribution in [0.5, 0.6) is 11.5 Å². The Hall–Kier alpha value is -2.58. The molecule has 0 saturated carbocycles. The number of carbonyl (C=O) groups is 1. The van der Waals surface area contributed by atoms with Crippen molar-refractivity contribution in [3.63, 3.8) is 0 Å². The van der Waals surface area contributed by atoms with Gasteiger partial charge in [-0.15, -0.1) is 0 Å². The zero-order chi connectivity index (χ0) is 21.1. The van der Waals surface area contributed by atoms with Crippen LogP contribution in [0.4, 0.5) is 0 Å². The minimum atomic E-state index is 0.0218. The molecule has 0 atom stereocenters. The van der Waals surface area contributed by atoms with E-state index >= 15 is 0 Å². The minimum Gasteiger partial charge on any atom is -0.454 e. The Morgan fingerprint density at radius 3 is 2.67 bits per heavy atom. The van der Waals surface area contributed by atoms with E-state index in [1.165, 1.54) is 26.2 Å². The number of aromatic nitrogens is 2. The second kappa shape index (κ2) is 9.06. The number of piperazine rings is 1. The fraction of sp³-hybridized carbons (Fsp3) is 0.545. The molecular formula is C22H33N5O3+2. The van der Waals surface area contributed by atoms with E-state index in [4.69, 9.17) is 9.47 Å². The van der Waals surface area contributed by atoms with Crippen LogP contribution >= 0.6 is 0 Å². The molecule has 0 bridgehead atoms. The standard InChI is InChI=1S/C22H31N5O3/c1-17-13-19(25(3)23-17)22(28)27(8-4-7-26-11-9-24(2)10-12-26)15-18-5-6-20-21(14-18)30-16-29-20/h5-6,13-14H,4,7-12,15-16H2,1-3H3/p+2. The predicted molar refractivity (Wildman–Crippen MR) is 112 cm³/mol. The van der Waals surface area contributed by atoms with E-state index in [2.05, 4.69) is 12.1 Å². The van der Waals surface area contributed by atoms with Crippen molar-refractivity contribution in [1.82, 2.24) is 14.7 Å². The van der Waals surface area contributed by atoms with E-state index in [0.717, 1.165) is 42.3 Å². The SMILES string of the molecule is Cc1cc(C(=O)N(CCC[NH+]2CC[NH+](C)CC2)Cc2ccc3c(c2)OCO3)n(C)n1. The van der Waals surface area contributed by atoms with E-state index in [-0.39, 0.29) is 12.7 Å². The molecule has 30 heavy (non-hydrogen) atoms. The maximum absolute atomic E-state index is 13.3. The van der Waals surface area contributed by atoms with E-state index < -0.39 is 0 Å². The van der Waals surface area contributed by atoms with E-state index in [1.54, 1.807) is 14.5 Å². The summed E-state index contributed by atoms with van der Waals surface area (Å²) in [7, 11) is 4.09. The number of carbonyl (C=O) groups excluding carboxylic acids is 1. The topological polar surface area (TPSA) is 65.5 Å². The van der Waals surface area contributed by atoms with Gasteiger partial charge in [-0.25, -0.2) is 0 Å². The fourth-order valence-corrected chi connectivity index (χ4v) is 4.29. The van der Waals surface area contributed by atoms with Gasteiger partial charge in [-0.3, -0.25) is 9.48 Å². The summed E-state index contributed by atoms with van der Waals surface area (Å²) in [5.41, 5.74) is 2.53. The maximum Gasteiger partial charge on any atom is 0.272 e. The molecule has 8 heteroatoms. The quantitative estimate of drug-likeness (QED) is 0.603. The third-order valence-electron chi connectivity index (χ3n) is 6.09. The largest absolute Gasteiger partial charge is 0.454 e. The van der Waals surface area contributed by atoms with Gasteiger partial charge in [0.1, 0.15) is 31.9 Å². The van der Waals surface area contributed by atoms with Crippen LogP contribution in [0.1, 0.15) is 28.2 Å². The van der Waals surface area contributed by atoms with Gasteiger partial charge < -0.3 is 24.2 Å². The van der Waals surface area contributed by atoms with Crippen molar-refractivity contribution in [2.45, 2.75) is 19.9 Å². The average Bonchev–Trinajstić information content (AvgIpc) is 3.33. The molecule has 1 aromatic heterocycles. The second-order valence-corrected chi connectivity index (χ2v) is 8.52. The molecule has 4 rings (SSSR count). The van der Waals surface area contributed by atoms with Crippen molar-refractivity contribution in [2.24, 2.45) is 7.05 Å². The lowest BCUT2D eigenvalue weighted by Gasteiger charge is -2.28. The smallest absolute Gasteiger partial charge is 0.272 e. The summed E-state index contributed by atoms with van der Waals surface area (Å²) in [6.45, 7) is 9.41. The number of nitrogens with zero attached hydrogens (tertiary/aromatic N) is 3. The van der Waals surface area contributed by atoms with Crippen molar-refractivity contribution in [3.05, 3.63) is 41.2 Å². The molecule has 0 aliphatic carbocycles. The lowest BCUT2D eigenvalue weighted by Crippen LogP contribution is -3.27. The van der Waals surface area contributed by atoms with Crippen LogP contribution in [0, 0.1) is 6.92 Å². The molecule has 1 amide bonds. The van der Waals surface area contributed by atoms with Crippen molar-refractivity contribution >= 4 is 5.91 Å². The first-order chi connectivity index (χ1) is 14.5. The van der Waals surface area contributed by atoms with Gasteiger partial charge in [0, 0.05) is 26.6 Å². The average molecular weight is 416 g/mol. The van der Waals surface area contributed by atoms with Gasteiger partial charge >= 0.3 is 0 Å². The molecule has 2 aliphatic rings. The number of quaternary nitrogens is 2. The second-order valence-electron chi connectivity index (χ2n) is 8.52. The number of amides is 1. The number of likely N-dealkylation sites (N-methyl/N-ethyl adjacent to an activating group) is 1. The van der Waals surface area contributed by atoms with Crippen LogP contribution in [0.25, 0.3) is 0 Å². The molecule has 0 spiro atoms. The summed E-state index contributed by atoms with van der Waals surface area (Å²) in [5.74, 6) is 1.54. The summed E-state index contributed by atoms with van der Waals surface area (Å²) >= 11 is 0. The van der Waals surface area contributed by atoms with Crippen LogP contribution in [0.2, 0.25) is 0 Å². The number of hydrogen-bond donors (Lipinski definition) is 2. The van der Waals surface area contributed by atoms with Crippen LogP contribution < -0.4 is 19.3 Å². The number of aryl methyl sites for hydroxylation is 2. The Morgan fingerprint density at radius 2 is 1.93 bits per heavy atom. The normalized spacial score (nSPS) is 20.4. The Bertz CT molecular complexity index is 889. The summed E-state index contributed by atoms with van der Waals surface area (Å²) in [6, 6.07) is 7.77. The van der Waals surface area contributed by atoms with E-state index in [1.807, 2.05) is 43.1 Å². The van der Waals surface area contributed by atoms with E-state index in [0.29, 0.717) is 12.2 Å². The fourth-order valence-electron chi connectivity index (χ4n) is 4.29. The zero-order valence-electron chi connectivity index (χ0n) is 18.2. The van der Waals surface area contributed by atoms with Gasteiger partial charge in [0.15, 0.2) is 11.5 Å². The first-order valence-electron chi connectivity index (χ1n) is 10.8.